The summed E-state index contributed by atoms with van der Waals surface area (Å²) in [6, 6.07) is 7.37. The van der Waals surface area contributed by atoms with Crippen molar-refractivity contribution in [2.45, 2.75) is 45.1 Å². The van der Waals surface area contributed by atoms with Crippen LogP contribution in [0.3, 0.4) is 0 Å². The number of phenols is 1. The van der Waals surface area contributed by atoms with E-state index in [1.165, 1.54) is 5.56 Å². The third kappa shape index (κ3) is 10.8. The number of hydrogen-bond donors (Lipinski definition) is 3. The fourth-order valence-corrected chi connectivity index (χ4v) is 2.85. The van der Waals surface area contributed by atoms with Gasteiger partial charge >= 0.3 is 0 Å². The summed E-state index contributed by atoms with van der Waals surface area (Å²) in [5.74, 6) is 1.17. The molecule has 0 aliphatic carbocycles. The minimum Gasteiger partial charge on any atom is -0.508 e. The van der Waals surface area contributed by atoms with Gasteiger partial charge in [-0.2, -0.15) is 0 Å². The van der Waals surface area contributed by atoms with Gasteiger partial charge in [-0.3, -0.25) is 4.99 Å². The summed E-state index contributed by atoms with van der Waals surface area (Å²) < 4.78 is 11.2. The van der Waals surface area contributed by atoms with Gasteiger partial charge in [0.1, 0.15) is 5.75 Å². The van der Waals surface area contributed by atoms with E-state index in [0.717, 1.165) is 70.9 Å². The molecule has 0 saturated carbocycles. The largest absolute Gasteiger partial charge is 0.508 e. The van der Waals surface area contributed by atoms with Gasteiger partial charge in [0.05, 0.1) is 12.7 Å². The summed E-state index contributed by atoms with van der Waals surface area (Å²) in [6.07, 6.45) is 5.47. The lowest BCUT2D eigenvalue weighted by Crippen LogP contribution is -2.38. The number of aromatic hydroxyl groups is 1. The van der Waals surface area contributed by atoms with Gasteiger partial charge in [-0.15, -0.1) is 24.0 Å². The molecule has 1 saturated heterocycles. The number of benzene rings is 1. The quantitative estimate of drug-likeness (QED) is 0.192. The van der Waals surface area contributed by atoms with Crippen molar-refractivity contribution in [1.82, 2.24) is 10.6 Å². The Kier molecular flexibility index (Phi) is 13.3. The average molecular weight is 491 g/mol. The van der Waals surface area contributed by atoms with E-state index in [1.807, 2.05) is 12.1 Å². The Morgan fingerprint density at radius 3 is 2.78 bits per heavy atom. The van der Waals surface area contributed by atoms with Crippen LogP contribution < -0.4 is 10.6 Å². The summed E-state index contributed by atoms with van der Waals surface area (Å²) in [6.45, 7) is 6.86. The third-order valence-corrected chi connectivity index (χ3v) is 4.26. The molecule has 27 heavy (non-hydrogen) atoms. The number of nitrogens with one attached hydrogen (secondary N) is 2. The molecule has 1 aromatic rings. The molecule has 0 bridgehead atoms. The number of guanidine groups is 1. The van der Waals surface area contributed by atoms with Crippen LogP contribution in [-0.4, -0.2) is 56.6 Å². The number of hydrogen-bond acceptors (Lipinski definition) is 4. The Hall–Kier alpha value is -1.06. The minimum atomic E-state index is 0. The lowest BCUT2D eigenvalue weighted by atomic mass is 10.1. The molecule has 1 unspecified atom stereocenters. The monoisotopic (exact) mass is 491 g/mol. The molecule has 1 atom stereocenters. The second-order valence-electron chi connectivity index (χ2n) is 6.52. The first-order valence-electron chi connectivity index (χ1n) is 9.77. The molecule has 1 heterocycles. The van der Waals surface area contributed by atoms with Crippen LogP contribution >= 0.6 is 24.0 Å². The number of nitrogens with zero attached hydrogens (tertiary/aromatic N) is 1. The molecule has 1 fully saturated rings. The van der Waals surface area contributed by atoms with Gasteiger partial charge < -0.3 is 25.2 Å². The maximum absolute atomic E-state index is 9.30. The highest BCUT2D eigenvalue weighted by atomic mass is 127. The summed E-state index contributed by atoms with van der Waals surface area (Å²) >= 11 is 0. The molecule has 2 rings (SSSR count). The smallest absolute Gasteiger partial charge is 0.191 e. The van der Waals surface area contributed by atoms with Crippen LogP contribution in [0.15, 0.2) is 29.3 Å². The zero-order chi connectivity index (χ0) is 18.5. The van der Waals surface area contributed by atoms with Crippen LogP contribution in [0.2, 0.25) is 0 Å². The Labute approximate surface area is 180 Å². The van der Waals surface area contributed by atoms with E-state index < -0.39 is 0 Å². The van der Waals surface area contributed by atoms with Crippen LogP contribution in [-0.2, 0) is 15.9 Å². The molecule has 0 amide bonds. The fourth-order valence-electron chi connectivity index (χ4n) is 2.85. The van der Waals surface area contributed by atoms with Gasteiger partial charge in [-0.1, -0.05) is 12.1 Å². The molecular formula is C20H34IN3O3. The summed E-state index contributed by atoms with van der Waals surface area (Å²) in [7, 11) is 0. The molecule has 1 aromatic carbocycles. The van der Waals surface area contributed by atoms with E-state index in [4.69, 9.17) is 9.47 Å². The highest BCUT2D eigenvalue weighted by molar-refractivity contribution is 14.0. The lowest BCUT2D eigenvalue weighted by molar-refractivity contribution is 0.0168. The molecule has 1 aliphatic rings. The van der Waals surface area contributed by atoms with Crippen LogP contribution in [0.5, 0.6) is 5.75 Å². The topological polar surface area (TPSA) is 75.1 Å². The Morgan fingerprint density at radius 2 is 2.07 bits per heavy atom. The second-order valence-corrected chi connectivity index (χ2v) is 6.52. The van der Waals surface area contributed by atoms with Crippen LogP contribution in [0.4, 0.5) is 0 Å². The summed E-state index contributed by atoms with van der Waals surface area (Å²) in [4.78, 5) is 4.61. The Bertz CT molecular complexity index is 520. The van der Waals surface area contributed by atoms with Crippen molar-refractivity contribution in [3.05, 3.63) is 29.8 Å². The molecule has 154 valence electrons. The van der Waals surface area contributed by atoms with Crippen molar-refractivity contribution in [2.24, 2.45) is 4.99 Å². The van der Waals surface area contributed by atoms with Crippen LogP contribution in [0.25, 0.3) is 0 Å². The van der Waals surface area contributed by atoms with Gasteiger partial charge in [-0.05, 0) is 56.7 Å². The number of aliphatic imine (C=N–C) groups is 1. The number of rotatable bonds is 11. The van der Waals surface area contributed by atoms with Crippen molar-refractivity contribution < 1.29 is 14.6 Å². The zero-order valence-corrected chi connectivity index (χ0v) is 18.6. The van der Waals surface area contributed by atoms with Gasteiger partial charge in [0.15, 0.2) is 5.96 Å². The van der Waals surface area contributed by atoms with Gasteiger partial charge in [-0.25, -0.2) is 0 Å². The summed E-state index contributed by atoms with van der Waals surface area (Å²) in [5, 5.41) is 15.9. The maximum Gasteiger partial charge on any atom is 0.191 e. The number of phenolic OH excluding ortho intramolecular Hbond substituents is 1. The normalized spacial score (nSPS) is 16.8. The zero-order valence-electron chi connectivity index (χ0n) is 16.3. The van der Waals surface area contributed by atoms with Crippen LogP contribution in [0.1, 0.15) is 38.2 Å². The standard InChI is InChI=1S/C20H33N3O3.HI/c1-2-21-20(22-12-3-6-17-8-10-18(24)11-9-17)23-13-5-14-25-16-19-7-4-15-26-19;/h8-11,19,24H,2-7,12-16H2,1H3,(H2,21,22,23);1H. The van der Waals surface area contributed by atoms with Crippen molar-refractivity contribution >= 4 is 29.9 Å². The van der Waals surface area contributed by atoms with E-state index in [2.05, 4.69) is 22.5 Å². The van der Waals surface area contributed by atoms with Crippen molar-refractivity contribution in [1.29, 1.82) is 0 Å². The molecule has 1 aliphatic heterocycles. The highest BCUT2D eigenvalue weighted by Gasteiger charge is 2.14. The number of ether oxygens (including phenoxy) is 2. The molecule has 0 aromatic heterocycles. The molecule has 6 nitrogen and oxygen atoms in total. The lowest BCUT2D eigenvalue weighted by Gasteiger charge is -2.12. The van der Waals surface area contributed by atoms with E-state index in [0.29, 0.717) is 18.5 Å². The predicted octanol–water partition coefficient (Wildman–Crippen LogP) is 3.08. The van der Waals surface area contributed by atoms with Crippen molar-refractivity contribution in [2.75, 3.05) is 39.5 Å². The summed E-state index contributed by atoms with van der Waals surface area (Å²) in [5.41, 5.74) is 1.22. The van der Waals surface area contributed by atoms with Crippen LogP contribution in [0, 0.1) is 0 Å². The number of aryl methyl sites for hydroxylation is 1. The van der Waals surface area contributed by atoms with E-state index in [-0.39, 0.29) is 24.0 Å². The Morgan fingerprint density at radius 1 is 1.26 bits per heavy atom. The third-order valence-electron chi connectivity index (χ3n) is 4.26. The minimum absolute atomic E-state index is 0. The first kappa shape index (κ1) is 24.0. The van der Waals surface area contributed by atoms with Crippen molar-refractivity contribution in [3.63, 3.8) is 0 Å². The van der Waals surface area contributed by atoms with Crippen molar-refractivity contribution in [3.8, 4) is 5.75 Å². The molecule has 7 heteroatoms. The first-order chi connectivity index (χ1) is 12.8. The fraction of sp³-hybridized carbons (Fsp3) is 0.650. The predicted molar refractivity (Wildman–Crippen MR) is 120 cm³/mol. The SMILES string of the molecule is CCNC(=NCCCc1ccc(O)cc1)NCCCOCC1CCCO1.I. The van der Waals surface area contributed by atoms with E-state index >= 15 is 0 Å². The van der Waals surface area contributed by atoms with Gasteiger partial charge in [0.25, 0.3) is 0 Å². The second kappa shape index (κ2) is 14.9. The highest BCUT2D eigenvalue weighted by Crippen LogP contribution is 2.12. The average Bonchev–Trinajstić information content (AvgIpc) is 3.16. The number of halogens is 1. The van der Waals surface area contributed by atoms with E-state index in [9.17, 15) is 5.11 Å². The molecule has 0 spiro atoms. The molecule has 0 radical (unpaired) electrons. The Balaban J connectivity index is 0.00000364. The first-order valence-corrected chi connectivity index (χ1v) is 9.77. The van der Waals surface area contributed by atoms with E-state index in [1.54, 1.807) is 12.1 Å². The molecular weight excluding hydrogens is 457 g/mol. The maximum atomic E-state index is 9.30. The van der Waals surface area contributed by atoms with Gasteiger partial charge in [0.2, 0.25) is 0 Å². The molecule has 3 N–H and O–H groups in total. The van der Waals surface area contributed by atoms with Gasteiger partial charge in [0, 0.05) is 32.8 Å².